The maximum Gasteiger partial charge on any atom is 0.273 e. The third kappa shape index (κ3) is 2.47. The molecule has 1 aromatic heterocycles. The van der Waals surface area contributed by atoms with Gasteiger partial charge in [0, 0.05) is 6.20 Å². The number of rotatable bonds is 3. The zero-order valence-corrected chi connectivity index (χ0v) is 9.59. The lowest BCUT2D eigenvalue weighted by Crippen LogP contribution is -2.22. The van der Waals surface area contributed by atoms with E-state index in [2.05, 4.69) is 0 Å². The molecule has 0 saturated carbocycles. The SMILES string of the molecule is COc1cccc(Cn2cccc(N)c2=O)c1. The Labute approximate surface area is 99.3 Å². The van der Waals surface area contributed by atoms with Gasteiger partial charge in [0.1, 0.15) is 5.75 Å². The van der Waals surface area contributed by atoms with Crippen LogP contribution < -0.4 is 16.0 Å². The largest absolute Gasteiger partial charge is 0.497 e. The van der Waals surface area contributed by atoms with Crippen molar-refractivity contribution in [1.29, 1.82) is 0 Å². The molecule has 2 rings (SSSR count). The van der Waals surface area contributed by atoms with Crippen molar-refractivity contribution in [2.75, 3.05) is 12.8 Å². The van der Waals surface area contributed by atoms with Gasteiger partial charge in [-0.3, -0.25) is 4.79 Å². The highest BCUT2D eigenvalue weighted by Crippen LogP contribution is 2.13. The van der Waals surface area contributed by atoms with Crippen molar-refractivity contribution in [1.82, 2.24) is 4.57 Å². The van der Waals surface area contributed by atoms with Crippen LogP contribution in [0.3, 0.4) is 0 Å². The fourth-order valence-corrected chi connectivity index (χ4v) is 1.65. The molecule has 0 aliphatic heterocycles. The third-order valence-corrected chi connectivity index (χ3v) is 2.54. The van der Waals surface area contributed by atoms with E-state index in [-0.39, 0.29) is 11.2 Å². The Bertz CT molecular complexity index is 576. The Hall–Kier alpha value is -2.23. The maximum atomic E-state index is 11.7. The Morgan fingerprint density at radius 1 is 1.29 bits per heavy atom. The predicted octanol–water partition coefficient (Wildman–Crippen LogP) is 1.49. The van der Waals surface area contributed by atoms with Crippen molar-refractivity contribution >= 4 is 5.69 Å². The second-order valence-electron chi connectivity index (χ2n) is 3.75. The Balaban J connectivity index is 2.31. The Morgan fingerprint density at radius 3 is 2.88 bits per heavy atom. The average molecular weight is 230 g/mol. The third-order valence-electron chi connectivity index (χ3n) is 2.54. The number of ether oxygens (including phenoxy) is 1. The normalized spacial score (nSPS) is 10.2. The summed E-state index contributed by atoms with van der Waals surface area (Å²) < 4.78 is 6.71. The predicted molar refractivity (Wildman–Crippen MR) is 67.2 cm³/mol. The van der Waals surface area contributed by atoms with E-state index >= 15 is 0 Å². The first kappa shape index (κ1) is 11.3. The van der Waals surface area contributed by atoms with E-state index in [0.717, 1.165) is 11.3 Å². The number of methoxy groups -OCH3 is 1. The molecule has 0 aliphatic rings. The molecule has 0 aliphatic carbocycles. The van der Waals surface area contributed by atoms with Crippen molar-refractivity contribution in [2.45, 2.75) is 6.54 Å². The molecule has 0 spiro atoms. The van der Waals surface area contributed by atoms with Crippen molar-refractivity contribution in [3.05, 3.63) is 58.5 Å². The molecular formula is C13H14N2O2. The maximum absolute atomic E-state index is 11.7. The van der Waals surface area contributed by atoms with E-state index < -0.39 is 0 Å². The lowest BCUT2D eigenvalue weighted by Gasteiger charge is -2.07. The van der Waals surface area contributed by atoms with Gasteiger partial charge in [0.15, 0.2) is 0 Å². The van der Waals surface area contributed by atoms with Crippen molar-refractivity contribution < 1.29 is 4.74 Å². The molecule has 2 N–H and O–H groups in total. The van der Waals surface area contributed by atoms with Crippen LogP contribution in [0.2, 0.25) is 0 Å². The van der Waals surface area contributed by atoms with Crippen LogP contribution in [0.25, 0.3) is 0 Å². The van der Waals surface area contributed by atoms with Gasteiger partial charge in [-0.1, -0.05) is 12.1 Å². The lowest BCUT2D eigenvalue weighted by atomic mass is 10.2. The lowest BCUT2D eigenvalue weighted by molar-refractivity contribution is 0.414. The molecule has 4 nitrogen and oxygen atoms in total. The number of hydrogen-bond acceptors (Lipinski definition) is 3. The van der Waals surface area contributed by atoms with E-state index in [1.807, 2.05) is 24.3 Å². The zero-order valence-electron chi connectivity index (χ0n) is 9.59. The monoisotopic (exact) mass is 230 g/mol. The summed E-state index contributed by atoms with van der Waals surface area (Å²) in [6.07, 6.45) is 1.72. The average Bonchev–Trinajstić information content (AvgIpc) is 2.35. The summed E-state index contributed by atoms with van der Waals surface area (Å²) in [5, 5.41) is 0. The van der Waals surface area contributed by atoms with Crippen LogP contribution in [0.5, 0.6) is 5.75 Å². The number of nitrogen functional groups attached to an aromatic ring is 1. The van der Waals surface area contributed by atoms with Crippen molar-refractivity contribution in [3.63, 3.8) is 0 Å². The molecule has 0 fully saturated rings. The first-order valence-electron chi connectivity index (χ1n) is 5.28. The molecule has 0 saturated heterocycles. The number of anilines is 1. The molecule has 4 heteroatoms. The van der Waals surface area contributed by atoms with Gasteiger partial charge in [0.05, 0.1) is 19.3 Å². The van der Waals surface area contributed by atoms with Crippen LogP contribution in [-0.4, -0.2) is 11.7 Å². The summed E-state index contributed by atoms with van der Waals surface area (Å²) in [6.45, 7) is 0.487. The molecule has 88 valence electrons. The summed E-state index contributed by atoms with van der Waals surface area (Å²) in [6, 6.07) is 11.0. The van der Waals surface area contributed by atoms with Crippen LogP contribution in [0.1, 0.15) is 5.56 Å². The van der Waals surface area contributed by atoms with Crippen molar-refractivity contribution in [2.24, 2.45) is 0 Å². The summed E-state index contributed by atoms with van der Waals surface area (Å²) in [4.78, 5) is 11.7. The summed E-state index contributed by atoms with van der Waals surface area (Å²) >= 11 is 0. The minimum absolute atomic E-state index is 0.171. The number of nitrogens with zero attached hydrogens (tertiary/aromatic N) is 1. The molecular weight excluding hydrogens is 216 g/mol. The minimum Gasteiger partial charge on any atom is -0.497 e. The fraction of sp³-hybridized carbons (Fsp3) is 0.154. The molecule has 0 radical (unpaired) electrons. The summed E-state index contributed by atoms with van der Waals surface area (Å²) in [5.41, 5.74) is 6.66. The molecule has 2 aromatic rings. The number of nitrogens with two attached hydrogens (primary N) is 1. The van der Waals surface area contributed by atoms with Gasteiger partial charge >= 0.3 is 0 Å². The quantitative estimate of drug-likeness (QED) is 0.869. The molecule has 1 heterocycles. The minimum atomic E-state index is -0.171. The van der Waals surface area contributed by atoms with E-state index in [1.54, 1.807) is 30.0 Å². The highest BCUT2D eigenvalue weighted by molar-refractivity contribution is 5.34. The smallest absolute Gasteiger partial charge is 0.273 e. The highest BCUT2D eigenvalue weighted by atomic mass is 16.5. The molecule has 0 atom stereocenters. The Morgan fingerprint density at radius 2 is 2.12 bits per heavy atom. The Kier molecular flexibility index (Phi) is 3.14. The van der Waals surface area contributed by atoms with Gasteiger partial charge < -0.3 is 15.0 Å². The van der Waals surface area contributed by atoms with Gasteiger partial charge in [-0.05, 0) is 29.8 Å². The molecule has 1 aromatic carbocycles. The van der Waals surface area contributed by atoms with E-state index in [0.29, 0.717) is 6.54 Å². The van der Waals surface area contributed by atoms with Gasteiger partial charge in [0.2, 0.25) is 0 Å². The van der Waals surface area contributed by atoms with Crippen LogP contribution in [-0.2, 0) is 6.54 Å². The van der Waals surface area contributed by atoms with Crippen LogP contribution in [0.4, 0.5) is 5.69 Å². The van der Waals surface area contributed by atoms with Crippen molar-refractivity contribution in [3.8, 4) is 5.75 Å². The van der Waals surface area contributed by atoms with Gasteiger partial charge in [0.25, 0.3) is 5.56 Å². The van der Waals surface area contributed by atoms with Crippen LogP contribution >= 0.6 is 0 Å². The zero-order chi connectivity index (χ0) is 12.3. The molecule has 0 unspecified atom stereocenters. The van der Waals surface area contributed by atoms with Gasteiger partial charge in [-0.15, -0.1) is 0 Å². The number of pyridine rings is 1. The number of benzene rings is 1. The van der Waals surface area contributed by atoms with E-state index in [1.165, 1.54) is 0 Å². The summed E-state index contributed by atoms with van der Waals surface area (Å²) in [7, 11) is 1.62. The topological polar surface area (TPSA) is 57.2 Å². The second-order valence-corrected chi connectivity index (χ2v) is 3.75. The summed E-state index contributed by atoms with van der Waals surface area (Å²) in [5.74, 6) is 0.777. The van der Waals surface area contributed by atoms with Gasteiger partial charge in [-0.25, -0.2) is 0 Å². The number of aromatic nitrogens is 1. The standard InChI is InChI=1S/C13H14N2O2/c1-17-11-5-2-4-10(8-11)9-15-7-3-6-12(14)13(15)16/h2-8H,9,14H2,1H3. The highest BCUT2D eigenvalue weighted by Gasteiger charge is 2.01. The molecule has 0 amide bonds. The van der Waals surface area contributed by atoms with E-state index in [4.69, 9.17) is 10.5 Å². The van der Waals surface area contributed by atoms with Gasteiger partial charge in [-0.2, -0.15) is 0 Å². The van der Waals surface area contributed by atoms with E-state index in [9.17, 15) is 4.79 Å². The molecule has 17 heavy (non-hydrogen) atoms. The number of hydrogen-bond donors (Lipinski definition) is 1. The molecule has 0 bridgehead atoms. The first-order valence-corrected chi connectivity index (χ1v) is 5.28. The van der Waals surface area contributed by atoms with Crippen LogP contribution in [0.15, 0.2) is 47.4 Å². The fourth-order valence-electron chi connectivity index (χ4n) is 1.65. The second kappa shape index (κ2) is 4.74. The first-order chi connectivity index (χ1) is 8.20. The van der Waals surface area contributed by atoms with Crippen LogP contribution in [0, 0.1) is 0 Å².